The summed E-state index contributed by atoms with van der Waals surface area (Å²) in [6.07, 6.45) is 0. The van der Waals surface area contributed by atoms with E-state index in [2.05, 4.69) is 21.2 Å². The van der Waals surface area contributed by atoms with Gasteiger partial charge in [0, 0.05) is 27.6 Å². The Labute approximate surface area is 199 Å². The van der Waals surface area contributed by atoms with Gasteiger partial charge in [0.15, 0.2) is 11.5 Å². The summed E-state index contributed by atoms with van der Waals surface area (Å²) in [7, 11) is 4.80. The number of aryl methyl sites for hydroxylation is 1. The average Bonchev–Trinajstić information content (AvgIpc) is 3.31. The Morgan fingerprint density at radius 1 is 1.12 bits per heavy atom. The van der Waals surface area contributed by atoms with Crippen LogP contribution in [-0.2, 0) is 4.79 Å². The van der Waals surface area contributed by atoms with Crippen molar-refractivity contribution in [1.29, 1.82) is 0 Å². The van der Waals surface area contributed by atoms with Crippen LogP contribution < -0.4 is 14.8 Å². The number of halogens is 1. The van der Waals surface area contributed by atoms with Crippen molar-refractivity contribution in [3.63, 3.8) is 0 Å². The Morgan fingerprint density at radius 2 is 1.84 bits per heavy atom. The van der Waals surface area contributed by atoms with Crippen LogP contribution in [0.25, 0.3) is 0 Å². The van der Waals surface area contributed by atoms with E-state index in [0.29, 0.717) is 22.6 Å². The predicted molar refractivity (Wildman–Crippen MR) is 129 cm³/mol. The molecule has 0 fully saturated rings. The number of hydrogen-bond donors (Lipinski definition) is 1. The summed E-state index contributed by atoms with van der Waals surface area (Å²) in [5.74, 6) is -0.0595. The molecule has 8 heteroatoms. The van der Waals surface area contributed by atoms with Crippen LogP contribution >= 0.6 is 27.3 Å². The second-order valence-electron chi connectivity index (χ2n) is 7.60. The van der Waals surface area contributed by atoms with Gasteiger partial charge in [-0.15, -0.1) is 11.3 Å². The lowest BCUT2D eigenvalue weighted by molar-refractivity contribution is -0.119. The number of carbonyl (C=O) groups is 2. The van der Waals surface area contributed by atoms with E-state index in [-0.39, 0.29) is 11.8 Å². The van der Waals surface area contributed by atoms with Crippen molar-refractivity contribution in [3.05, 3.63) is 73.9 Å². The molecule has 3 aromatic rings. The fourth-order valence-corrected chi connectivity index (χ4v) is 5.50. The number of fused-ring (bicyclic) bond motifs is 1. The number of methoxy groups -OCH3 is 2. The van der Waals surface area contributed by atoms with Gasteiger partial charge in [0.1, 0.15) is 0 Å². The molecule has 0 unspecified atom stereocenters. The molecule has 6 nitrogen and oxygen atoms in total. The maximum absolute atomic E-state index is 13.8. The summed E-state index contributed by atoms with van der Waals surface area (Å²) in [5.41, 5.74) is 2.72. The molecular weight excluding hydrogens is 492 g/mol. The number of rotatable bonds is 5. The monoisotopic (exact) mass is 514 g/mol. The molecule has 1 aliphatic rings. The fraction of sp³-hybridized carbons (Fsp3) is 0.250. The molecule has 0 radical (unpaired) electrons. The Hall–Kier alpha value is -2.84. The van der Waals surface area contributed by atoms with E-state index in [9.17, 15) is 9.59 Å². The van der Waals surface area contributed by atoms with Gasteiger partial charge >= 0.3 is 0 Å². The van der Waals surface area contributed by atoms with Crippen LogP contribution in [-0.4, -0.2) is 38.0 Å². The Morgan fingerprint density at radius 3 is 2.47 bits per heavy atom. The lowest BCUT2D eigenvalue weighted by Crippen LogP contribution is -2.43. The molecule has 0 spiro atoms. The van der Waals surface area contributed by atoms with E-state index in [0.717, 1.165) is 20.6 Å². The number of likely N-dealkylation sites (N-methyl/N-ethyl adjacent to an activating group) is 1. The molecule has 2 atom stereocenters. The topological polar surface area (TPSA) is 67.9 Å². The van der Waals surface area contributed by atoms with Crippen LogP contribution in [0.1, 0.15) is 38.3 Å². The van der Waals surface area contributed by atoms with Gasteiger partial charge in [-0.1, -0.05) is 22.0 Å². The van der Waals surface area contributed by atoms with Crippen LogP contribution in [0.15, 0.2) is 52.3 Å². The number of thiophene rings is 1. The maximum Gasteiger partial charge on any atom is 0.254 e. The van der Waals surface area contributed by atoms with Gasteiger partial charge in [-0.25, -0.2) is 0 Å². The number of hydrogen-bond acceptors (Lipinski definition) is 5. The van der Waals surface area contributed by atoms with E-state index in [1.807, 2.05) is 42.6 Å². The first-order chi connectivity index (χ1) is 15.3. The molecule has 1 aliphatic heterocycles. The summed E-state index contributed by atoms with van der Waals surface area (Å²) in [5, 5.41) is 5.03. The number of carbonyl (C=O) groups excluding carboxylic acids is 2. The zero-order chi connectivity index (χ0) is 23.0. The molecular formula is C24H23BrN2O4S. The molecule has 0 bridgehead atoms. The van der Waals surface area contributed by atoms with E-state index in [1.165, 1.54) is 25.6 Å². The number of ether oxygens (including phenoxy) is 2. The lowest BCUT2D eigenvalue weighted by Gasteiger charge is -2.39. The van der Waals surface area contributed by atoms with Gasteiger partial charge in [0.2, 0.25) is 5.91 Å². The Balaban J connectivity index is 1.86. The van der Waals surface area contributed by atoms with Gasteiger partial charge in [-0.3, -0.25) is 9.59 Å². The largest absolute Gasteiger partial charge is 0.493 e. The van der Waals surface area contributed by atoms with Crippen LogP contribution in [0, 0.1) is 6.92 Å². The molecule has 166 valence electrons. The quantitative estimate of drug-likeness (QED) is 0.495. The second-order valence-corrected chi connectivity index (χ2v) is 9.49. The highest BCUT2D eigenvalue weighted by molar-refractivity contribution is 9.10. The SMILES string of the molecule is COc1cc2c(cc1OC)[C@@H](C(=O)Nc1ccc(Br)cc1C)[C@@H](c1cccs1)N(C)C2=O. The summed E-state index contributed by atoms with van der Waals surface area (Å²) >= 11 is 4.98. The first kappa shape index (κ1) is 22.4. The van der Waals surface area contributed by atoms with E-state index in [1.54, 1.807) is 24.1 Å². The van der Waals surface area contributed by atoms with E-state index < -0.39 is 12.0 Å². The molecule has 2 aromatic carbocycles. The van der Waals surface area contributed by atoms with Crippen molar-refractivity contribution in [3.8, 4) is 11.5 Å². The Kier molecular flexibility index (Phi) is 6.26. The molecule has 0 saturated heterocycles. The number of benzene rings is 2. The molecule has 0 aliphatic carbocycles. The van der Waals surface area contributed by atoms with Gasteiger partial charge < -0.3 is 19.7 Å². The van der Waals surface area contributed by atoms with Gasteiger partial charge in [0.25, 0.3) is 5.91 Å². The smallest absolute Gasteiger partial charge is 0.254 e. The summed E-state index contributed by atoms with van der Waals surface area (Å²) in [4.78, 5) is 29.6. The van der Waals surface area contributed by atoms with Crippen molar-refractivity contribution < 1.29 is 19.1 Å². The molecule has 0 saturated carbocycles. The summed E-state index contributed by atoms with van der Waals surface area (Å²) in [6, 6.07) is 12.5. The highest BCUT2D eigenvalue weighted by Crippen LogP contribution is 2.47. The number of amides is 2. The minimum Gasteiger partial charge on any atom is -0.493 e. The highest BCUT2D eigenvalue weighted by Gasteiger charge is 2.44. The van der Waals surface area contributed by atoms with Gasteiger partial charge in [-0.05, 0) is 59.8 Å². The predicted octanol–water partition coefficient (Wildman–Crippen LogP) is 5.39. The minimum atomic E-state index is -0.630. The maximum atomic E-state index is 13.8. The van der Waals surface area contributed by atoms with E-state index in [4.69, 9.17) is 9.47 Å². The van der Waals surface area contributed by atoms with Crippen LogP contribution in [0.2, 0.25) is 0 Å². The van der Waals surface area contributed by atoms with Crippen LogP contribution in [0.5, 0.6) is 11.5 Å². The zero-order valence-electron chi connectivity index (χ0n) is 18.1. The van der Waals surface area contributed by atoms with Gasteiger partial charge in [0.05, 0.1) is 26.2 Å². The van der Waals surface area contributed by atoms with E-state index >= 15 is 0 Å². The standard InChI is InChI=1S/C24H23BrN2O4S/c1-13-10-14(25)7-8-17(13)26-23(28)21-15-11-18(30-3)19(31-4)12-16(15)24(29)27(2)22(21)20-6-5-9-32-20/h5-12,21-22H,1-4H3,(H,26,28)/t21-,22-/m1/s1. The molecule has 4 rings (SSSR count). The molecule has 32 heavy (non-hydrogen) atoms. The third-order valence-corrected chi connectivity index (χ3v) is 7.17. The normalized spacial score (nSPS) is 17.7. The van der Waals surface area contributed by atoms with Gasteiger partial charge in [-0.2, -0.15) is 0 Å². The third-order valence-electron chi connectivity index (χ3n) is 5.74. The van der Waals surface area contributed by atoms with Crippen molar-refractivity contribution in [2.24, 2.45) is 0 Å². The number of nitrogens with zero attached hydrogens (tertiary/aromatic N) is 1. The molecule has 1 aromatic heterocycles. The lowest BCUT2D eigenvalue weighted by atomic mass is 9.81. The average molecular weight is 515 g/mol. The molecule has 2 amide bonds. The molecule has 2 heterocycles. The van der Waals surface area contributed by atoms with Crippen molar-refractivity contribution >= 4 is 44.8 Å². The second kappa shape index (κ2) is 8.96. The van der Waals surface area contributed by atoms with Crippen LogP contribution in [0.3, 0.4) is 0 Å². The van der Waals surface area contributed by atoms with Crippen molar-refractivity contribution in [1.82, 2.24) is 4.90 Å². The minimum absolute atomic E-state index is 0.164. The zero-order valence-corrected chi connectivity index (χ0v) is 20.5. The summed E-state index contributed by atoms with van der Waals surface area (Å²) in [6.45, 7) is 1.94. The fourth-order valence-electron chi connectivity index (χ4n) is 4.12. The van der Waals surface area contributed by atoms with Crippen molar-refractivity contribution in [2.45, 2.75) is 18.9 Å². The number of nitrogens with one attached hydrogen (secondary N) is 1. The Bertz CT molecular complexity index is 1180. The third kappa shape index (κ3) is 3.89. The summed E-state index contributed by atoms with van der Waals surface area (Å²) < 4.78 is 11.8. The first-order valence-electron chi connectivity index (χ1n) is 9.99. The molecule has 1 N–H and O–H groups in total. The van der Waals surface area contributed by atoms with Crippen LogP contribution in [0.4, 0.5) is 5.69 Å². The highest BCUT2D eigenvalue weighted by atomic mass is 79.9. The first-order valence-corrected chi connectivity index (χ1v) is 11.7. The number of anilines is 1. The van der Waals surface area contributed by atoms with Crippen molar-refractivity contribution in [2.75, 3.05) is 26.6 Å².